The van der Waals surface area contributed by atoms with Crippen molar-refractivity contribution in [3.8, 4) is 0 Å². The van der Waals surface area contributed by atoms with Crippen molar-refractivity contribution >= 4 is 11.9 Å². The molecule has 0 aliphatic heterocycles. The van der Waals surface area contributed by atoms with Gasteiger partial charge in [-0.05, 0) is 51.4 Å². The summed E-state index contributed by atoms with van der Waals surface area (Å²) in [4.78, 5) is 25.7. The van der Waals surface area contributed by atoms with Crippen molar-refractivity contribution in [1.29, 1.82) is 0 Å². The largest absolute Gasteiger partial charge is 0.462 e. The summed E-state index contributed by atoms with van der Waals surface area (Å²) in [7, 11) is 0. The minimum absolute atomic E-state index is 0.0613. The van der Waals surface area contributed by atoms with E-state index in [9.17, 15) is 9.59 Å². The van der Waals surface area contributed by atoms with E-state index in [2.05, 4.69) is 27.7 Å². The molecule has 0 aromatic carbocycles. The van der Waals surface area contributed by atoms with Gasteiger partial charge >= 0.3 is 11.9 Å². The topological polar surface area (TPSA) is 52.6 Å². The highest BCUT2D eigenvalue weighted by Crippen LogP contribution is 2.20. The molecule has 0 aromatic heterocycles. The van der Waals surface area contributed by atoms with Gasteiger partial charge in [0.15, 0.2) is 0 Å². The fourth-order valence-electron chi connectivity index (χ4n) is 6.06. The molecule has 2 atom stereocenters. The zero-order chi connectivity index (χ0) is 31.6. The molecule has 0 aliphatic carbocycles. The molecule has 2 unspecified atom stereocenters. The van der Waals surface area contributed by atoms with Crippen LogP contribution in [0.3, 0.4) is 0 Å². The number of esters is 2. The fraction of sp³-hybridized carbons (Fsp3) is 0.949. The van der Waals surface area contributed by atoms with Crippen LogP contribution in [0.4, 0.5) is 0 Å². The summed E-state index contributed by atoms with van der Waals surface area (Å²) in [6.45, 7) is 9.00. The Labute approximate surface area is 269 Å². The Kier molecular flexibility index (Phi) is 33.0. The lowest BCUT2D eigenvalue weighted by atomic mass is 10.0. The lowest BCUT2D eigenvalue weighted by Gasteiger charge is -2.20. The summed E-state index contributed by atoms with van der Waals surface area (Å²) in [5.74, 6) is -0.781. The highest BCUT2D eigenvalue weighted by Gasteiger charge is 2.21. The molecule has 0 heterocycles. The van der Waals surface area contributed by atoms with E-state index in [4.69, 9.17) is 9.47 Å². The first-order valence-electron chi connectivity index (χ1n) is 19.5. The molecule has 0 radical (unpaired) electrons. The van der Waals surface area contributed by atoms with E-state index in [0.29, 0.717) is 0 Å². The zero-order valence-electron chi connectivity index (χ0n) is 29.7. The number of unbranched alkanes of at least 4 members (excludes halogenated alkanes) is 22. The molecular weight excluding hydrogens is 532 g/mol. The molecule has 0 amide bonds. The third kappa shape index (κ3) is 30.7. The van der Waals surface area contributed by atoms with E-state index in [0.717, 1.165) is 51.4 Å². The highest BCUT2D eigenvalue weighted by atomic mass is 16.6. The predicted octanol–water partition coefficient (Wildman–Crippen LogP) is 13.0. The van der Waals surface area contributed by atoms with Gasteiger partial charge in [-0.15, -0.1) is 0 Å². The van der Waals surface area contributed by atoms with Gasteiger partial charge in [0.25, 0.3) is 0 Å². The van der Waals surface area contributed by atoms with Crippen LogP contribution in [-0.4, -0.2) is 24.1 Å². The summed E-state index contributed by atoms with van der Waals surface area (Å²) in [6, 6.07) is 0. The van der Waals surface area contributed by atoms with Crippen LogP contribution in [0.25, 0.3) is 0 Å². The maximum absolute atomic E-state index is 12.8. The Morgan fingerprint density at radius 3 is 0.791 bits per heavy atom. The number of hydrogen-bond donors (Lipinski definition) is 0. The molecule has 0 N–H and O–H groups in total. The molecule has 0 rings (SSSR count). The number of hydrogen-bond acceptors (Lipinski definition) is 4. The lowest BCUT2D eigenvalue weighted by molar-refractivity contribution is -0.161. The Morgan fingerprint density at radius 2 is 0.558 bits per heavy atom. The van der Waals surface area contributed by atoms with Gasteiger partial charge in [-0.3, -0.25) is 9.59 Å². The Balaban J connectivity index is 4.69. The molecule has 0 aliphatic rings. The molecule has 0 spiro atoms. The van der Waals surface area contributed by atoms with Crippen molar-refractivity contribution in [2.75, 3.05) is 0 Å². The Hall–Kier alpha value is -1.06. The third-order valence-corrected chi connectivity index (χ3v) is 8.90. The van der Waals surface area contributed by atoms with Crippen LogP contribution in [0.15, 0.2) is 0 Å². The minimum Gasteiger partial charge on any atom is -0.462 e. The second-order valence-corrected chi connectivity index (χ2v) is 13.3. The standard InChI is InChI=1S/C39H76O4/c1-5-9-13-17-21-25-29-33-36(31-27-23-19-15-11-7-3)42-38(40)35-39(41)43-37(32-28-24-20-16-12-8-4)34-30-26-22-18-14-10-6-2/h36-37H,5-35H2,1-4H3. The van der Waals surface area contributed by atoms with E-state index in [1.807, 2.05) is 0 Å². The summed E-state index contributed by atoms with van der Waals surface area (Å²) < 4.78 is 11.8. The van der Waals surface area contributed by atoms with Crippen LogP contribution in [0, 0.1) is 0 Å². The van der Waals surface area contributed by atoms with Crippen LogP contribution in [0.2, 0.25) is 0 Å². The third-order valence-electron chi connectivity index (χ3n) is 8.90. The molecule has 4 heteroatoms. The lowest BCUT2D eigenvalue weighted by Crippen LogP contribution is -2.24. The molecule has 256 valence electrons. The second kappa shape index (κ2) is 33.8. The molecular formula is C39H76O4. The maximum atomic E-state index is 12.8. The van der Waals surface area contributed by atoms with Gasteiger partial charge in [-0.1, -0.05) is 169 Å². The van der Waals surface area contributed by atoms with E-state index in [-0.39, 0.29) is 18.6 Å². The maximum Gasteiger partial charge on any atom is 0.317 e. The van der Waals surface area contributed by atoms with E-state index in [1.165, 1.54) is 141 Å². The van der Waals surface area contributed by atoms with Crippen molar-refractivity contribution in [1.82, 2.24) is 0 Å². The van der Waals surface area contributed by atoms with Crippen molar-refractivity contribution in [2.24, 2.45) is 0 Å². The van der Waals surface area contributed by atoms with E-state index < -0.39 is 11.9 Å². The van der Waals surface area contributed by atoms with Crippen LogP contribution >= 0.6 is 0 Å². The van der Waals surface area contributed by atoms with E-state index >= 15 is 0 Å². The average Bonchev–Trinajstić information content (AvgIpc) is 2.99. The first-order valence-corrected chi connectivity index (χ1v) is 19.5. The first-order chi connectivity index (χ1) is 21.1. The summed E-state index contributed by atoms with van der Waals surface area (Å²) in [6.07, 6.45) is 35.8. The SMILES string of the molecule is CCCCCCCCCC(CCCCCCCC)OC(=O)CC(=O)OC(CCCCCCCC)CCCCCCCCC. The Bertz CT molecular complexity index is 540. The highest BCUT2D eigenvalue weighted by molar-refractivity contribution is 5.91. The van der Waals surface area contributed by atoms with Gasteiger partial charge in [0.1, 0.15) is 18.6 Å². The van der Waals surface area contributed by atoms with Crippen molar-refractivity contribution in [3.05, 3.63) is 0 Å². The molecule has 0 bridgehead atoms. The average molecular weight is 609 g/mol. The number of ether oxygens (including phenoxy) is 2. The van der Waals surface area contributed by atoms with Gasteiger partial charge in [-0.2, -0.15) is 0 Å². The predicted molar refractivity (Wildman–Crippen MR) is 186 cm³/mol. The van der Waals surface area contributed by atoms with E-state index in [1.54, 1.807) is 0 Å². The van der Waals surface area contributed by atoms with Crippen molar-refractivity contribution < 1.29 is 19.1 Å². The normalized spacial score (nSPS) is 12.7. The quantitative estimate of drug-likeness (QED) is 0.0414. The van der Waals surface area contributed by atoms with Crippen molar-refractivity contribution in [3.63, 3.8) is 0 Å². The monoisotopic (exact) mass is 609 g/mol. The zero-order valence-corrected chi connectivity index (χ0v) is 29.7. The fourth-order valence-corrected chi connectivity index (χ4v) is 6.06. The van der Waals surface area contributed by atoms with Crippen LogP contribution in [0.5, 0.6) is 0 Å². The van der Waals surface area contributed by atoms with Gasteiger partial charge in [0, 0.05) is 0 Å². The number of carbonyl (C=O) groups is 2. The number of rotatable bonds is 34. The summed E-state index contributed by atoms with van der Waals surface area (Å²) in [5.41, 5.74) is 0. The van der Waals surface area contributed by atoms with Gasteiger partial charge in [-0.25, -0.2) is 0 Å². The molecule has 0 aromatic rings. The first kappa shape index (κ1) is 41.9. The van der Waals surface area contributed by atoms with Crippen molar-refractivity contribution in [2.45, 2.75) is 239 Å². The van der Waals surface area contributed by atoms with Gasteiger partial charge in [0.2, 0.25) is 0 Å². The number of carbonyl (C=O) groups excluding carboxylic acids is 2. The van der Waals surface area contributed by atoms with Crippen LogP contribution in [0.1, 0.15) is 227 Å². The summed E-state index contributed by atoms with van der Waals surface area (Å²) in [5, 5.41) is 0. The van der Waals surface area contributed by atoms with Gasteiger partial charge in [0.05, 0.1) is 0 Å². The van der Waals surface area contributed by atoms with Crippen LogP contribution in [-0.2, 0) is 19.1 Å². The van der Waals surface area contributed by atoms with Crippen LogP contribution < -0.4 is 0 Å². The molecule has 0 saturated carbocycles. The van der Waals surface area contributed by atoms with Gasteiger partial charge < -0.3 is 9.47 Å². The molecule has 0 saturated heterocycles. The smallest absolute Gasteiger partial charge is 0.317 e. The molecule has 4 nitrogen and oxygen atoms in total. The second-order valence-electron chi connectivity index (χ2n) is 13.3. The molecule has 43 heavy (non-hydrogen) atoms. The Morgan fingerprint density at radius 1 is 0.349 bits per heavy atom. The molecule has 0 fully saturated rings. The summed E-state index contributed by atoms with van der Waals surface area (Å²) >= 11 is 0. The minimum atomic E-state index is -0.391.